The number of amides is 1. The van der Waals surface area contributed by atoms with Crippen LogP contribution in [0.15, 0.2) is 12.2 Å². The molecular formula is C66H129NO5. The van der Waals surface area contributed by atoms with E-state index >= 15 is 0 Å². The Balaban J connectivity index is 3.39. The topological polar surface area (TPSA) is 95.9 Å². The average molecular weight is 1020 g/mol. The summed E-state index contributed by atoms with van der Waals surface area (Å²) >= 11 is 0. The van der Waals surface area contributed by atoms with Gasteiger partial charge in [0.05, 0.1) is 25.4 Å². The zero-order valence-corrected chi connectivity index (χ0v) is 48.9. The summed E-state index contributed by atoms with van der Waals surface area (Å²) in [6, 6.07) is -0.627. The maximum absolute atomic E-state index is 12.5. The van der Waals surface area contributed by atoms with Gasteiger partial charge >= 0.3 is 5.97 Å². The Hall–Kier alpha value is -1.40. The fourth-order valence-corrected chi connectivity index (χ4v) is 10.5. The number of esters is 1. The van der Waals surface area contributed by atoms with Crippen molar-refractivity contribution in [1.29, 1.82) is 0 Å². The first kappa shape index (κ1) is 70.6. The van der Waals surface area contributed by atoms with Gasteiger partial charge in [0, 0.05) is 12.8 Å². The molecule has 0 rings (SSSR count). The number of nitrogens with one attached hydrogen (secondary N) is 1. The monoisotopic (exact) mass is 1020 g/mol. The summed E-state index contributed by atoms with van der Waals surface area (Å²) in [6.07, 6.45) is 75.5. The third-order valence-electron chi connectivity index (χ3n) is 15.6. The van der Waals surface area contributed by atoms with Gasteiger partial charge in [0.15, 0.2) is 0 Å². The molecule has 3 N–H and O–H groups in total. The van der Waals surface area contributed by atoms with Gasteiger partial charge < -0.3 is 20.3 Å². The summed E-state index contributed by atoms with van der Waals surface area (Å²) in [5.41, 5.74) is 0. The zero-order chi connectivity index (χ0) is 52.2. The Morgan fingerprint density at radius 1 is 0.375 bits per heavy atom. The van der Waals surface area contributed by atoms with Crippen molar-refractivity contribution in [2.75, 3.05) is 13.2 Å². The molecule has 72 heavy (non-hydrogen) atoms. The first-order valence-electron chi connectivity index (χ1n) is 33.0. The molecule has 1 amide bonds. The Morgan fingerprint density at radius 2 is 0.639 bits per heavy atom. The van der Waals surface area contributed by atoms with Gasteiger partial charge in [0.25, 0.3) is 0 Å². The fourth-order valence-electron chi connectivity index (χ4n) is 10.5. The van der Waals surface area contributed by atoms with E-state index in [1.165, 1.54) is 308 Å². The Morgan fingerprint density at radius 3 is 0.944 bits per heavy atom. The van der Waals surface area contributed by atoms with Gasteiger partial charge in [-0.15, -0.1) is 0 Å². The molecule has 0 aromatic heterocycles. The third kappa shape index (κ3) is 57.9. The zero-order valence-electron chi connectivity index (χ0n) is 48.9. The highest BCUT2D eigenvalue weighted by Gasteiger charge is 2.18. The highest BCUT2D eigenvalue weighted by atomic mass is 16.5. The average Bonchev–Trinajstić information content (AvgIpc) is 3.38. The Labute approximate surface area is 450 Å². The summed E-state index contributed by atoms with van der Waals surface area (Å²) in [6.45, 7) is 4.94. The number of hydrogen-bond donors (Lipinski definition) is 3. The lowest BCUT2D eigenvalue weighted by Gasteiger charge is -2.20. The van der Waals surface area contributed by atoms with Crippen molar-refractivity contribution in [2.45, 2.75) is 386 Å². The number of ether oxygens (including phenoxy) is 1. The van der Waals surface area contributed by atoms with E-state index in [1.807, 2.05) is 6.08 Å². The van der Waals surface area contributed by atoms with Crippen LogP contribution in [0, 0.1) is 0 Å². The lowest BCUT2D eigenvalue weighted by molar-refractivity contribution is -0.143. The maximum atomic E-state index is 12.5. The number of hydrogen-bond acceptors (Lipinski definition) is 5. The molecule has 0 bridgehead atoms. The molecule has 0 aromatic carbocycles. The van der Waals surface area contributed by atoms with E-state index in [0.717, 1.165) is 38.5 Å². The molecule has 2 unspecified atom stereocenters. The van der Waals surface area contributed by atoms with Crippen molar-refractivity contribution in [1.82, 2.24) is 5.32 Å². The molecular weight excluding hydrogens is 887 g/mol. The summed E-state index contributed by atoms with van der Waals surface area (Å²) < 4.78 is 5.47. The van der Waals surface area contributed by atoms with E-state index in [4.69, 9.17) is 4.74 Å². The van der Waals surface area contributed by atoms with Gasteiger partial charge in [-0.2, -0.15) is 0 Å². The van der Waals surface area contributed by atoms with Crippen molar-refractivity contribution in [2.24, 2.45) is 0 Å². The van der Waals surface area contributed by atoms with Crippen LogP contribution >= 0.6 is 0 Å². The van der Waals surface area contributed by atoms with E-state index < -0.39 is 12.1 Å². The predicted octanol–water partition coefficient (Wildman–Crippen LogP) is 20.8. The summed E-state index contributed by atoms with van der Waals surface area (Å²) in [7, 11) is 0. The predicted molar refractivity (Wildman–Crippen MR) is 315 cm³/mol. The van der Waals surface area contributed by atoms with Gasteiger partial charge in [0.1, 0.15) is 0 Å². The molecule has 0 aliphatic heterocycles. The molecule has 0 fully saturated rings. The van der Waals surface area contributed by atoms with Crippen molar-refractivity contribution < 1.29 is 24.5 Å². The van der Waals surface area contributed by atoms with Crippen molar-refractivity contribution in [3.8, 4) is 0 Å². The normalized spacial score (nSPS) is 12.6. The molecule has 0 saturated carbocycles. The van der Waals surface area contributed by atoms with Crippen LogP contribution in [-0.2, 0) is 14.3 Å². The minimum absolute atomic E-state index is 0.0155. The van der Waals surface area contributed by atoms with Crippen molar-refractivity contribution >= 4 is 11.9 Å². The van der Waals surface area contributed by atoms with E-state index in [9.17, 15) is 19.8 Å². The molecule has 0 aliphatic rings. The second kappa shape index (κ2) is 62.1. The second-order valence-electron chi connectivity index (χ2n) is 22.8. The van der Waals surface area contributed by atoms with Gasteiger partial charge in [-0.05, 0) is 32.1 Å². The van der Waals surface area contributed by atoms with Crippen molar-refractivity contribution in [3.63, 3.8) is 0 Å². The van der Waals surface area contributed by atoms with Crippen LogP contribution in [0.3, 0.4) is 0 Å². The summed E-state index contributed by atoms with van der Waals surface area (Å²) in [5.74, 6) is -0.0473. The number of unbranched alkanes of at least 4 members (excludes halogenated alkanes) is 51. The number of rotatable bonds is 62. The van der Waals surface area contributed by atoms with Crippen molar-refractivity contribution in [3.05, 3.63) is 12.2 Å². The molecule has 0 aliphatic carbocycles. The van der Waals surface area contributed by atoms with E-state index in [2.05, 4.69) is 19.2 Å². The SMILES string of the molecule is CCCCCCCCCCCCCCCCCCCC/C=C/C(O)C(CO)NC(=O)CCCCCCCCCCCCCCCCCCCCCCCCCCOC(=O)CCCCCCCCCCCCC. The van der Waals surface area contributed by atoms with Crippen LogP contribution in [0.5, 0.6) is 0 Å². The largest absolute Gasteiger partial charge is 0.466 e. The number of aliphatic hydroxyl groups is 2. The first-order valence-corrected chi connectivity index (χ1v) is 33.0. The molecule has 2 atom stereocenters. The lowest BCUT2D eigenvalue weighted by atomic mass is 10.0. The van der Waals surface area contributed by atoms with Gasteiger partial charge in [-0.3, -0.25) is 9.59 Å². The quantitative estimate of drug-likeness (QED) is 0.0320. The molecule has 428 valence electrons. The molecule has 0 spiro atoms. The van der Waals surface area contributed by atoms with E-state index in [1.54, 1.807) is 6.08 Å². The highest BCUT2D eigenvalue weighted by Crippen LogP contribution is 2.19. The summed E-state index contributed by atoms with van der Waals surface area (Å²) in [5, 5.41) is 23.2. The molecule has 0 heterocycles. The van der Waals surface area contributed by atoms with Gasteiger partial charge in [-0.25, -0.2) is 0 Å². The molecule has 0 saturated heterocycles. The van der Waals surface area contributed by atoms with Crippen LogP contribution in [0.4, 0.5) is 0 Å². The Kier molecular flexibility index (Phi) is 60.9. The second-order valence-corrected chi connectivity index (χ2v) is 22.8. The standard InChI is InChI=1S/C66H129NO5/c1-3-5-7-9-11-13-15-16-17-18-19-26-29-32-35-39-42-46-50-54-58-64(69)63(62-68)67-65(70)59-55-51-47-43-40-36-33-30-27-24-22-20-21-23-25-28-31-34-37-41-45-49-53-57-61-72-66(71)60-56-52-48-44-38-14-12-10-8-6-4-2/h54,58,63-64,68-69H,3-53,55-57,59-62H2,1-2H3,(H,67,70)/b58-54+. The minimum Gasteiger partial charge on any atom is -0.466 e. The number of aliphatic hydroxyl groups excluding tert-OH is 2. The van der Waals surface area contributed by atoms with Gasteiger partial charge in [0.2, 0.25) is 5.91 Å². The third-order valence-corrected chi connectivity index (χ3v) is 15.6. The molecule has 0 aromatic rings. The minimum atomic E-state index is -0.843. The fraction of sp³-hybridized carbons (Fsp3) is 0.939. The molecule has 0 radical (unpaired) electrons. The summed E-state index contributed by atoms with van der Waals surface area (Å²) in [4.78, 5) is 24.5. The molecule has 6 nitrogen and oxygen atoms in total. The van der Waals surface area contributed by atoms with Crippen LogP contribution in [0.25, 0.3) is 0 Å². The number of carbonyl (C=O) groups excluding carboxylic acids is 2. The Bertz CT molecular complexity index is 1080. The maximum Gasteiger partial charge on any atom is 0.305 e. The first-order chi connectivity index (χ1) is 35.5. The van der Waals surface area contributed by atoms with Crippen LogP contribution in [0.2, 0.25) is 0 Å². The van der Waals surface area contributed by atoms with Gasteiger partial charge in [-0.1, -0.05) is 341 Å². The number of allylic oxidation sites excluding steroid dienone is 1. The molecule has 6 heteroatoms. The highest BCUT2D eigenvalue weighted by molar-refractivity contribution is 5.76. The van der Waals surface area contributed by atoms with E-state index in [-0.39, 0.29) is 18.5 Å². The van der Waals surface area contributed by atoms with Crippen LogP contribution in [-0.4, -0.2) is 47.4 Å². The smallest absolute Gasteiger partial charge is 0.305 e. The van der Waals surface area contributed by atoms with E-state index in [0.29, 0.717) is 19.4 Å². The lowest BCUT2D eigenvalue weighted by Crippen LogP contribution is -2.45. The van der Waals surface area contributed by atoms with Crippen LogP contribution < -0.4 is 5.32 Å². The number of carbonyl (C=O) groups is 2. The van der Waals surface area contributed by atoms with Crippen LogP contribution in [0.1, 0.15) is 373 Å².